The van der Waals surface area contributed by atoms with Crippen LogP contribution in [0.25, 0.3) is 11.4 Å². The third-order valence-corrected chi connectivity index (χ3v) is 3.91. The Balaban J connectivity index is 2.51. The van der Waals surface area contributed by atoms with Crippen molar-refractivity contribution >= 4 is 0 Å². The summed E-state index contributed by atoms with van der Waals surface area (Å²) < 4.78 is 2.05. The number of hydrogen-bond acceptors (Lipinski definition) is 3. The molecule has 1 unspecified atom stereocenters. The number of nitrogens with zero attached hydrogens (tertiary/aromatic N) is 4. The third kappa shape index (κ3) is 2.84. The Kier molecular flexibility index (Phi) is 4.77. The SMILES string of the molecule is CCN(CC)C(C#N)c1c(C)nc(-c2ccccc2)n1C. The molecule has 0 saturated carbocycles. The summed E-state index contributed by atoms with van der Waals surface area (Å²) in [6, 6.07) is 12.3. The molecule has 0 aliphatic carbocycles. The van der Waals surface area contributed by atoms with E-state index in [1.165, 1.54) is 0 Å². The molecule has 2 aromatic rings. The van der Waals surface area contributed by atoms with Gasteiger partial charge in [0, 0.05) is 12.6 Å². The lowest BCUT2D eigenvalue weighted by molar-refractivity contribution is 0.255. The largest absolute Gasteiger partial charge is 0.329 e. The van der Waals surface area contributed by atoms with Crippen LogP contribution < -0.4 is 0 Å². The van der Waals surface area contributed by atoms with Crippen molar-refractivity contribution < 1.29 is 0 Å². The smallest absolute Gasteiger partial charge is 0.140 e. The molecule has 0 radical (unpaired) electrons. The summed E-state index contributed by atoms with van der Waals surface area (Å²) >= 11 is 0. The number of imidazole rings is 1. The fraction of sp³-hybridized carbons (Fsp3) is 0.412. The van der Waals surface area contributed by atoms with Gasteiger partial charge in [0.1, 0.15) is 11.9 Å². The van der Waals surface area contributed by atoms with Crippen LogP contribution in [0.5, 0.6) is 0 Å². The van der Waals surface area contributed by atoms with Gasteiger partial charge >= 0.3 is 0 Å². The summed E-state index contributed by atoms with van der Waals surface area (Å²) in [5, 5.41) is 9.61. The topological polar surface area (TPSA) is 44.9 Å². The number of rotatable bonds is 5. The number of aromatic nitrogens is 2. The van der Waals surface area contributed by atoms with Crippen molar-refractivity contribution in [3.63, 3.8) is 0 Å². The van der Waals surface area contributed by atoms with E-state index in [1.807, 2.05) is 44.3 Å². The minimum Gasteiger partial charge on any atom is -0.329 e. The Bertz CT molecular complexity index is 633. The van der Waals surface area contributed by atoms with E-state index >= 15 is 0 Å². The van der Waals surface area contributed by atoms with Crippen molar-refractivity contribution in [2.75, 3.05) is 13.1 Å². The Hall–Kier alpha value is -2.12. The van der Waals surface area contributed by atoms with Crippen molar-refractivity contribution in [1.82, 2.24) is 14.5 Å². The normalized spacial score (nSPS) is 12.4. The summed E-state index contributed by atoms with van der Waals surface area (Å²) in [7, 11) is 1.99. The first-order valence-corrected chi connectivity index (χ1v) is 7.36. The number of benzene rings is 1. The van der Waals surface area contributed by atoms with Crippen molar-refractivity contribution in [3.05, 3.63) is 41.7 Å². The second kappa shape index (κ2) is 6.55. The first-order valence-electron chi connectivity index (χ1n) is 7.36. The molecule has 110 valence electrons. The van der Waals surface area contributed by atoms with E-state index in [0.717, 1.165) is 35.9 Å². The fourth-order valence-corrected chi connectivity index (χ4v) is 2.78. The van der Waals surface area contributed by atoms with Crippen LogP contribution in [0.2, 0.25) is 0 Å². The van der Waals surface area contributed by atoms with Crippen molar-refractivity contribution in [1.29, 1.82) is 5.26 Å². The molecule has 1 aromatic heterocycles. The number of aryl methyl sites for hydroxylation is 1. The standard InChI is InChI=1S/C17H22N4/c1-5-21(6-2)15(12-18)16-13(3)19-17(20(16)4)14-10-8-7-9-11-14/h7-11,15H,5-6H2,1-4H3. The fourth-order valence-electron chi connectivity index (χ4n) is 2.78. The summed E-state index contributed by atoms with van der Waals surface area (Å²) in [6.45, 7) is 7.84. The maximum atomic E-state index is 9.61. The van der Waals surface area contributed by atoms with Crippen LogP contribution in [0.15, 0.2) is 30.3 Å². The van der Waals surface area contributed by atoms with Gasteiger partial charge in [-0.1, -0.05) is 44.2 Å². The van der Waals surface area contributed by atoms with Gasteiger partial charge in [0.15, 0.2) is 0 Å². The van der Waals surface area contributed by atoms with Gasteiger partial charge in [-0.05, 0) is 20.0 Å². The van der Waals surface area contributed by atoms with Crippen LogP contribution in [-0.4, -0.2) is 27.5 Å². The van der Waals surface area contributed by atoms with Gasteiger partial charge in [0.25, 0.3) is 0 Å². The summed E-state index contributed by atoms with van der Waals surface area (Å²) in [4.78, 5) is 6.84. The molecule has 0 aliphatic heterocycles. The van der Waals surface area contributed by atoms with Crippen LogP contribution in [0, 0.1) is 18.3 Å². The first kappa shape index (κ1) is 15.3. The highest BCUT2D eigenvalue weighted by atomic mass is 15.2. The van der Waals surface area contributed by atoms with E-state index in [0.29, 0.717) is 0 Å². The molecule has 0 amide bonds. The Morgan fingerprint density at radius 3 is 2.38 bits per heavy atom. The van der Waals surface area contributed by atoms with E-state index in [-0.39, 0.29) is 6.04 Å². The highest BCUT2D eigenvalue weighted by Crippen LogP contribution is 2.28. The van der Waals surface area contributed by atoms with Gasteiger partial charge in [-0.3, -0.25) is 4.90 Å². The average molecular weight is 282 g/mol. The molecular formula is C17H22N4. The molecule has 1 aromatic carbocycles. The molecule has 0 aliphatic rings. The van der Waals surface area contributed by atoms with E-state index in [4.69, 9.17) is 0 Å². The lowest BCUT2D eigenvalue weighted by Gasteiger charge is -2.25. The van der Waals surface area contributed by atoms with Gasteiger partial charge in [-0.15, -0.1) is 0 Å². The maximum Gasteiger partial charge on any atom is 0.140 e. The second-order valence-electron chi connectivity index (χ2n) is 5.08. The molecule has 21 heavy (non-hydrogen) atoms. The quantitative estimate of drug-likeness (QED) is 0.845. The molecule has 1 atom stereocenters. The molecule has 4 heteroatoms. The zero-order chi connectivity index (χ0) is 15.4. The van der Waals surface area contributed by atoms with Crippen molar-refractivity contribution in [3.8, 4) is 17.5 Å². The molecule has 0 N–H and O–H groups in total. The summed E-state index contributed by atoms with van der Waals surface area (Å²) in [5.74, 6) is 0.913. The number of nitriles is 1. The summed E-state index contributed by atoms with van der Waals surface area (Å²) in [6.07, 6.45) is 0. The van der Waals surface area contributed by atoms with Crippen LogP contribution in [0.3, 0.4) is 0 Å². The van der Waals surface area contributed by atoms with E-state index < -0.39 is 0 Å². The van der Waals surface area contributed by atoms with Crippen molar-refractivity contribution in [2.24, 2.45) is 7.05 Å². The molecule has 0 spiro atoms. The lowest BCUT2D eigenvalue weighted by atomic mass is 10.1. The predicted octanol–water partition coefficient (Wildman–Crippen LogP) is 3.30. The molecule has 0 saturated heterocycles. The maximum absolute atomic E-state index is 9.61. The Labute approximate surface area is 126 Å². The lowest BCUT2D eigenvalue weighted by Crippen LogP contribution is -2.29. The highest BCUT2D eigenvalue weighted by molar-refractivity contribution is 5.57. The van der Waals surface area contributed by atoms with Gasteiger partial charge in [0.2, 0.25) is 0 Å². The molecular weight excluding hydrogens is 260 g/mol. The van der Waals surface area contributed by atoms with E-state index in [9.17, 15) is 5.26 Å². The molecule has 4 nitrogen and oxygen atoms in total. The van der Waals surface area contributed by atoms with Gasteiger partial charge in [-0.25, -0.2) is 4.98 Å². The van der Waals surface area contributed by atoms with Gasteiger partial charge < -0.3 is 4.57 Å². The van der Waals surface area contributed by atoms with Crippen LogP contribution >= 0.6 is 0 Å². The van der Waals surface area contributed by atoms with Gasteiger partial charge in [0.05, 0.1) is 17.5 Å². The van der Waals surface area contributed by atoms with Gasteiger partial charge in [-0.2, -0.15) is 5.26 Å². The zero-order valence-electron chi connectivity index (χ0n) is 13.2. The Morgan fingerprint density at radius 2 is 1.86 bits per heavy atom. The van der Waals surface area contributed by atoms with E-state index in [1.54, 1.807) is 0 Å². The molecule has 1 heterocycles. The van der Waals surface area contributed by atoms with Crippen LogP contribution in [0.1, 0.15) is 31.3 Å². The Morgan fingerprint density at radius 1 is 1.24 bits per heavy atom. The van der Waals surface area contributed by atoms with Crippen LogP contribution in [-0.2, 0) is 7.05 Å². The number of hydrogen-bond donors (Lipinski definition) is 0. The minimum atomic E-state index is -0.255. The predicted molar refractivity (Wildman–Crippen MR) is 84.7 cm³/mol. The summed E-state index contributed by atoms with van der Waals surface area (Å²) in [5.41, 5.74) is 2.99. The molecule has 2 rings (SSSR count). The van der Waals surface area contributed by atoms with E-state index in [2.05, 4.69) is 34.4 Å². The monoisotopic (exact) mass is 282 g/mol. The highest BCUT2D eigenvalue weighted by Gasteiger charge is 2.25. The first-order chi connectivity index (χ1) is 10.1. The minimum absolute atomic E-state index is 0.255. The molecule has 0 fully saturated rings. The second-order valence-corrected chi connectivity index (χ2v) is 5.08. The van der Waals surface area contributed by atoms with Crippen molar-refractivity contribution in [2.45, 2.75) is 26.8 Å². The average Bonchev–Trinajstić information content (AvgIpc) is 2.81. The molecule has 0 bridgehead atoms. The van der Waals surface area contributed by atoms with Crippen LogP contribution in [0.4, 0.5) is 0 Å². The third-order valence-electron chi connectivity index (χ3n) is 3.91. The zero-order valence-corrected chi connectivity index (χ0v) is 13.2.